The maximum atomic E-state index is 5.24. The molecule has 0 bridgehead atoms. The summed E-state index contributed by atoms with van der Waals surface area (Å²) in [4.78, 5) is 3.04. The molecule has 0 saturated carbocycles. The molecule has 2 aromatic rings. The van der Waals surface area contributed by atoms with Crippen LogP contribution in [0.4, 0.5) is 0 Å². The third-order valence-electron chi connectivity index (χ3n) is 2.37. The highest BCUT2D eigenvalue weighted by Crippen LogP contribution is 2.25. The number of aromatic amines is 1. The number of aryl methyl sites for hydroxylation is 2. The van der Waals surface area contributed by atoms with Gasteiger partial charge in [0, 0.05) is 16.4 Å². The maximum Gasteiger partial charge on any atom is 0.182 e. The maximum absolute atomic E-state index is 5.24. The Labute approximate surface area is 102 Å². The van der Waals surface area contributed by atoms with Crippen LogP contribution in [0.5, 0.6) is 0 Å². The third-order valence-corrected chi connectivity index (χ3v) is 3.70. The molecule has 0 amide bonds. The van der Waals surface area contributed by atoms with Crippen LogP contribution in [0.3, 0.4) is 0 Å². The molecule has 0 aliphatic heterocycles. The van der Waals surface area contributed by atoms with E-state index in [0.29, 0.717) is 0 Å². The van der Waals surface area contributed by atoms with Crippen molar-refractivity contribution in [2.24, 2.45) is 0 Å². The number of benzene rings is 1. The van der Waals surface area contributed by atoms with Gasteiger partial charge >= 0.3 is 0 Å². The fourth-order valence-electron chi connectivity index (χ4n) is 1.56. The van der Waals surface area contributed by atoms with E-state index in [1.165, 1.54) is 5.56 Å². The summed E-state index contributed by atoms with van der Waals surface area (Å²) < 4.78 is 3.83. The van der Waals surface area contributed by atoms with E-state index in [0.717, 1.165) is 20.6 Å². The Kier molecular flexibility index (Phi) is 2.80. The van der Waals surface area contributed by atoms with Gasteiger partial charge in [0.1, 0.15) is 0 Å². The first-order chi connectivity index (χ1) is 7.11. The van der Waals surface area contributed by atoms with Gasteiger partial charge in [0.25, 0.3) is 0 Å². The van der Waals surface area contributed by atoms with E-state index in [4.69, 9.17) is 12.2 Å². The molecule has 0 aliphatic carbocycles. The lowest BCUT2D eigenvalue weighted by Gasteiger charge is -2.09. The number of nitrogens with one attached hydrogen (secondary N) is 1. The van der Waals surface area contributed by atoms with Gasteiger partial charge in [-0.05, 0) is 53.6 Å². The Hall–Kier alpha value is -0.870. The van der Waals surface area contributed by atoms with Crippen LogP contribution in [0.2, 0.25) is 0 Å². The lowest BCUT2D eigenvalue weighted by Crippen LogP contribution is -1.98. The number of aromatic nitrogens is 2. The number of imidazole rings is 1. The second-order valence-electron chi connectivity index (χ2n) is 3.48. The molecular weight excluding hydrogens is 272 g/mol. The molecule has 1 heterocycles. The fourth-order valence-corrected chi connectivity index (χ4v) is 2.30. The molecule has 0 saturated heterocycles. The Bertz CT molecular complexity index is 554. The van der Waals surface area contributed by atoms with E-state index >= 15 is 0 Å². The molecule has 0 fully saturated rings. The van der Waals surface area contributed by atoms with Crippen molar-refractivity contribution in [3.8, 4) is 5.69 Å². The van der Waals surface area contributed by atoms with Crippen molar-refractivity contribution in [2.45, 2.75) is 13.8 Å². The summed E-state index contributed by atoms with van der Waals surface area (Å²) in [6.45, 7) is 4.10. The molecule has 2 nitrogen and oxygen atoms in total. The molecule has 78 valence electrons. The highest BCUT2D eigenvalue weighted by Gasteiger charge is 2.07. The van der Waals surface area contributed by atoms with Gasteiger partial charge in [0.05, 0.1) is 5.69 Å². The summed E-state index contributed by atoms with van der Waals surface area (Å²) in [5.41, 5.74) is 3.39. The van der Waals surface area contributed by atoms with Crippen LogP contribution in [0.1, 0.15) is 11.3 Å². The zero-order chi connectivity index (χ0) is 11.0. The topological polar surface area (TPSA) is 20.7 Å². The van der Waals surface area contributed by atoms with Crippen molar-refractivity contribution >= 4 is 28.1 Å². The van der Waals surface area contributed by atoms with Crippen LogP contribution in [0.15, 0.2) is 28.9 Å². The number of nitrogens with zero attached hydrogens (tertiary/aromatic N) is 1. The molecule has 0 atom stereocenters. The number of H-pyrrole nitrogens is 1. The molecule has 1 N–H and O–H groups in total. The molecule has 1 aromatic carbocycles. The first-order valence-corrected chi connectivity index (χ1v) is 5.84. The molecule has 0 aliphatic rings. The number of rotatable bonds is 1. The first kappa shape index (κ1) is 10.6. The summed E-state index contributed by atoms with van der Waals surface area (Å²) in [5.74, 6) is 0. The van der Waals surface area contributed by atoms with Crippen LogP contribution in [0, 0.1) is 18.6 Å². The molecule has 0 unspecified atom stereocenters. The lowest BCUT2D eigenvalue weighted by molar-refractivity contribution is 0.976. The van der Waals surface area contributed by atoms with Crippen LogP contribution in [-0.4, -0.2) is 9.55 Å². The zero-order valence-electron chi connectivity index (χ0n) is 8.54. The SMILES string of the molecule is Cc1cccc(-n2c(C)c[nH]c2=S)c1Br. The lowest BCUT2D eigenvalue weighted by atomic mass is 10.2. The normalized spacial score (nSPS) is 10.6. The number of hydrogen-bond donors (Lipinski definition) is 1. The van der Waals surface area contributed by atoms with Gasteiger partial charge in [-0.2, -0.15) is 0 Å². The molecule has 0 spiro atoms. The van der Waals surface area contributed by atoms with Crippen molar-refractivity contribution in [1.29, 1.82) is 0 Å². The predicted molar refractivity (Wildman–Crippen MR) is 68.1 cm³/mol. The van der Waals surface area contributed by atoms with Crippen molar-refractivity contribution in [3.63, 3.8) is 0 Å². The second kappa shape index (κ2) is 3.94. The van der Waals surface area contributed by atoms with Gasteiger partial charge in [-0.1, -0.05) is 12.1 Å². The minimum Gasteiger partial charge on any atom is -0.337 e. The van der Waals surface area contributed by atoms with Gasteiger partial charge in [-0.3, -0.25) is 4.57 Å². The third kappa shape index (κ3) is 1.79. The van der Waals surface area contributed by atoms with Crippen molar-refractivity contribution in [3.05, 3.63) is 44.9 Å². The highest BCUT2D eigenvalue weighted by atomic mass is 79.9. The van der Waals surface area contributed by atoms with Crippen LogP contribution in [0.25, 0.3) is 5.69 Å². The molecule has 2 rings (SSSR count). The van der Waals surface area contributed by atoms with E-state index < -0.39 is 0 Å². The fraction of sp³-hybridized carbons (Fsp3) is 0.182. The second-order valence-corrected chi connectivity index (χ2v) is 4.66. The van der Waals surface area contributed by atoms with Crippen LogP contribution < -0.4 is 0 Å². The molecule has 15 heavy (non-hydrogen) atoms. The van der Waals surface area contributed by atoms with E-state index in [-0.39, 0.29) is 0 Å². The highest BCUT2D eigenvalue weighted by molar-refractivity contribution is 9.10. The van der Waals surface area contributed by atoms with Crippen molar-refractivity contribution in [2.75, 3.05) is 0 Å². The van der Waals surface area contributed by atoms with Crippen LogP contribution >= 0.6 is 28.1 Å². The summed E-state index contributed by atoms with van der Waals surface area (Å²) in [6.07, 6.45) is 1.91. The van der Waals surface area contributed by atoms with E-state index in [1.807, 2.05) is 29.8 Å². The zero-order valence-corrected chi connectivity index (χ0v) is 10.9. The van der Waals surface area contributed by atoms with Gasteiger partial charge in [-0.15, -0.1) is 0 Å². The molecule has 1 aromatic heterocycles. The van der Waals surface area contributed by atoms with Gasteiger partial charge in [0.2, 0.25) is 0 Å². The molecule has 0 radical (unpaired) electrons. The average molecular weight is 283 g/mol. The minimum absolute atomic E-state index is 0.721. The average Bonchev–Trinajstić information content (AvgIpc) is 2.52. The van der Waals surface area contributed by atoms with E-state index in [2.05, 4.69) is 33.9 Å². The minimum atomic E-state index is 0.721. The monoisotopic (exact) mass is 282 g/mol. The Balaban J connectivity index is 2.75. The Morgan fingerprint density at radius 2 is 2.07 bits per heavy atom. The number of hydrogen-bond acceptors (Lipinski definition) is 1. The predicted octanol–water partition coefficient (Wildman–Crippen LogP) is 3.91. The molecular formula is C11H11BrN2S. The number of halogens is 1. The summed E-state index contributed by atoms with van der Waals surface area (Å²) in [6, 6.07) is 6.15. The van der Waals surface area contributed by atoms with Gasteiger partial charge < -0.3 is 4.98 Å². The van der Waals surface area contributed by atoms with E-state index in [1.54, 1.807) is 0 Å². The van der Waals surface area contributed by atoms with Gasteiger partial charge in [-0.25, -0.2) is 0 Å². The van der Waals surface area contributed by atoms with Crippen LogP contribution in [-0.2, 0) is 0 Å². The van der Waals surface area contributed by atoms with Gasteiger partial charge in [0.15, 0.2) is 4.77 Å². The standard InChI is InChI=1S/C11H11BrN2S/c1-7-4-3-5-9(10(7)12)14-8(2)6-13-11(14)15/h3-6H,1-2H3,(H,13,15). The Morgan fingerprint density at radius 3 is 2.67 bits per heavy atom. The first-order valence-electron chi connectivity index (χ1n) is 4.64. The van der Waals surface area contributed by atoms with Crippen molar-refractivity contribution < 1.29 is 0 Å². The largest absolute Gasteiger partial charge is 0.337 e. The smallest absolute Gasteiger partial charge is 0.182 e. The summed E-state index contributed by atoms with van der Waals surface area (Å²) >= 11 is 8.83. The van der Waals surface area contributed by atoms with E-state index in [9.17, 15) is 0 Å². The summed E-state index contributed by atoms with van der Waals surface area (Å²) in [7, 11) is 0. The summed E-state index contributed by atoms with van der Waals surface area (Å²) in [5, 5.41) is 0. The Morgan fingerprint density at radius 1 is 1.33 bits per heavy atom. The quantitative estimate of drug-likeness (QED) is 0.787. The van der Waals surface area contributed by atoms with Crippen molar-refractivity contribution in [1.82, 2.24) is 9.55 Å². The molecule has 4 heteroatoms.